The van der Waals surface area contributed by atoms with Gasteiger partial charge < -0.3 is 10.2 Å². The number of benzene rings is 1. The van der Waals surface area contributed by atoms with Crippen LogP contribution < -0.4 is 5.32 Å². The average molecular weight is 351 g/mol. The van der Waals surface area contributed by atoms with Gasteiger partial charge in [-0.3, -0.25) is 14.6 Å². The van der Waals surface area contributed by atoms with E-state index in [2.05, 4.69) is 22.4 Å². The molecule has 1 aliphatic rings. The molecule has 1 atom stereocenters. The van der Waals surface area contributed by atoms with E-state index in [0.29, 0.717) is 13.0 Å². The van der Waals surface area contributed by atoms with Crippen molar-refractivity contribution in [2.24, 2.45) is 0 Å². The Labute approximate surface area is 154 Å². The maximum atomic E-state index is 12.7. The summed E-state index contributed by atoms with van der Waals surface area (Å²) >= 11 is 0. The monoisotopic (exact) mass is 351 g/mol. The van der Waals surface area contributed by atoms with Crippen LogP contribution in [0, 0.1) is 0 Å². The third kappa shape index (κ3) is 4.69. The first kappa shape index (κ1) is 18.1. The molecular formula is C21H25N3O2. The predicted octanol–water partition coefficient (Wildman–Crippen LogP) is 3.01. The lowest BCUT2D eigenvalue weighted by Gasteiger charge is -2.24. The van der Waals surface area contributed by atoms with E-state index in [0.717, 1.165) is 37.1 Å². The maximum absolute atomic E-state index is 12.7. The quantitative estimate of drug-likeness (QED) is 0.870. The summed E-state index contributed by atoms with van der Waals surface area (Å²) in [6, 6.07) is 14.1. The van der Waals surface area contributed by atoms with Crippen molar-refractivity contribution in [3.63, 3.8) is 0 Å². The van der Waals surface area contributed by atoms with E-state index >= 15 is 0 Å². The number of rotatable bonds is 6. The first-order chi connectivity index (χ1) is 12.6. The zero-order valence-corrected chi connectivity index (χ0v) is 15.1. The number of likely N-dealkylation sites (tertiary alicyclic amines) is 1. The third-order valence-electron chi connectivity index (χ3n) is 4.77. The van der Waals surface area contributed by atoms with Crippen molar-refractivity contribution in [2.75, 3.05) is 6.54 Å². The standard InChI is InChI=1S/C21H25N3O2/c1-16(25)22-14-18-9-11-19(23-15-18)20-8-5-13-24(20)21(26)12-10-17-6-3-2-4-7-17/h2-4,6-7,9,11,15,20H,5,8,10,12-14H2,1H3,(H,22,25)/t20-/m0/s1. The first-order valence-electron chi connectivity index (χ1n) is 9.16. The van der Waals surface area contributed by atoms with E-state index in [1.807, 2.05) is 35.2 Å². The van der Waals surface area contributed by atoms with Crippen molar-refractivity contribution in [1.82, 2.24) is 15.2 Å². The number of nitrogens with one attached hydrogen (secondary N) is 1. The summed E-state index contributed by atoms with van der Waals surface area (Å²) in [4.78, 5) is 30.2. The van der Waals surface area contributed by atoms with Crippen LogP contribution in [-0.2, 0) is 22.6 Å². The van der Waals surface area contributed by atoms with Gasteiger partial charge in [-0.05, 0) is 36.5 Å². The summed E-state index contributed by atoms with van der Waals surface area (Å²) in [5.41, 5.74) is 3.09. The Morgan fingerprint density at radius 1 is 1.15 bits per heavy atom. The molecule has 1 fully saturated rings. The van der Waals surface area contributed by atoms with Crippen molar-refractivity contribution in [3.8, 4) is 0 Å². The molecule has 1 aliphatic heterocycles. The molecule has 1 aromatic carbocycles. The maximum Gasteiger partial charge on any atom is 0.223 e. The van der Waals surface area contributed by atoms with Gasteiger partial charge in [-0.2, -0.15) is 0 Å². The minimum absolute atomic E-state index is 0.0555. The fourth-order valence-corrected chi connectivity index (χ4v) is 3.38. The minimum atomic E-state index is -0.0555. The molecule has 3 rings (SSSR count). The van der Waals surface area contributed by atoms with Crippen LogP contribution in [0.2, 0.25) is 0 Å². The van der Waals surface area contributed by atoms with E-state index in [4.69, 9.17) is 0 Å². The summed E-state index contributed by atoms with van der Waals surface area (Å²) in [5.74, 6) is 0.139. The molecule has 5 nitrogen and oxygen atoms in total. The van der Waals surface area contributed by atoms with Gasteiger partial charge in [0.1, 0.15) is 0 Å². The molecular weight excluding hydrogens is 326 g/mol. The van der Waals surface area contributed by atoms with Gasteiger partial charge in [-0.15, -0.1) is 0 Å². The summed E-state index contributed by atoms with van der Waals surface area (Å²) in [7, 11) is 0. The van der Waals surface area contributed by atoms with Crippen LogP contribution in [0.15, 0.2) is 48.7 Å². The van der Waals surface area contributed by atoms with Gasteiger partial charge in [-0.1, -0.05) is 36.4 Å². The molecule has 0 saturated carbocycles. The lowest BCUT2D eigenvalue weighted by molar-refractivity contribution is -0.132. The van der Waals surface area contributed by atoms with Crippen LogP contribution in [-0.4, -0.2) is 28.2 Å². The van der Waals surface area contributed by atoms with Gasteiger partial charge in [0.05, 0.1) is 11.7 Å². The fraction of sp³-hybridized carbons (Fsp3) is 0.381. The van der Waals surface area contributed by atoms with Crippen molar-refractivity contribution in [2.45, 2.75) is 45.2 Å². The number of carbonyl (C=O) groups is 2. The van der Waals surface area contributed by atoms with Gasteiger partial charge in [0.25, 0.3) is 0 Å². The minimum Gasteiger partial charge on any atom is -0.352 e. The number of aryl methyl sites for hydroxylation is 1. The zero-order chi connectivity index (χ0) is 18.4. The average Bonchev–Trinajstić information content (AvgIpc) is 3.15. The third-order valence-corrected chi connectivity index (χ3v) is 4.77. The molecule has 2 amide bonds. The van der Waals surface area contributed by atoms with Crippen molar-refractivity contribution < 1.29 is 9.59 Å². The fourth-order valence-electron chi connectivity index (χ4n) is 3.38. The number of amides is 2. The van der Waals surface area contributed by atoms with Gasteiger partial charge >= 0.3 is 0 Å². The number of hydrogen-bond acceptors (Lipinski definition) is 3. The summed E-state index contributed by atoms with van der Waals surface area (Å²) in [6.07, 6.45) is 5.05. The summed E-state index contributed by atoms with van der Waals surface area (Å²) in [5, 5.41) is 2.77. The Morgan fingerprint density at radius 3 is 2.65 bits per heavy atom. The number of carbonyl (C=O) groups excluding carboxylic acids is 2. The second-order valence-electron chi connectivity index (χ2n) is 6.73. The van der Waals surface area contributed by atoms with Crippen LogP contribution >= 0.6 is 0 Å². The highest BCUT2D eigenvalue weighted by Gasteiger charge is 2.30. The van der Waals surface area contributed by atoms with Crippen molar-refractivity contribution >= 4 is 11.8 Å². The van der Waals surface area contributed by atoms with E-state index in [9.17, 15) is 9.59 Å². The molecule has 2 aromatic rings. The molecule has 1 aromatic heterocycles. The molecule has 0 bridgehead atoms. The van der Waals surface area contributed by atoms with Crippen LogP contribution in [0.5, 0.6) is 0 Å². The predicted molar refractivity (Wildman–Crippen MR) is 100 cm³/mol. The molecule has 2 heterocycles. The largest absolute Gasteiger partial charge is 0.352 e. The molecule has 136 valence electrons. The Hall–Kier alpha value is -2.69. The Balaban J connectivity index is 1.60. The Bertz CT molecular complexity index is 744. The van der Waals surface area contributed by atoms with Gasteiger partial charge in [0.2, 0.25) is 11.8 Å². The highest BCUT2D eigenvalue weighted by Crippen LogP contribution is 2.31. The van der Waals surface area contributed by atoms with Crippen molar-refractivity contribution in [3.05, 3.63) is 65.5 Å². The summed E-state index contributed by atoms with van der Waals surface area (Å²) in [6.45, 7) is 2.78. The lowest BCUT2D eigenvalue weighted by atomic mass is 10.1. The molecule has 0 spiro atoms. The van der Waals surface area contributed by atoms with Crippen LogP contribution in [0.25, 0.3) is 0 Å². The van der Waals surface area contributed by atoms with E-state index in [1.54, 1.807) is 6.20 Å². The molecule has 26 heavy (non-hydrogen) atoms. The van der Waals surface area contributed by atoms with E-state index < -0.39 is 0 Å². The van der Waals surface area contributed by atoms with Crippen molar-refractivity contribution in [1.29, 1.82) is 0 Å². The SMILES string of the molecule is CC(=O)NCc1ccc([C@@H]2CCCN2C(=O)CCc2ccccc2)nc1. The number of hydrogen-bond donors (Lipinski definition) is 1. The Morgan fingerprint density at radius 2 is 1.96 bits per heavy atom. The number of aromatic nitrogens is 1. The first-order valence-corrected chi connectivity index (χ1v) is 9.16. The van der Waals surface area contributed by atoms with E-state index in [-0.39, 0.29) is 17.9 Å². The Kier molecular flexibility index (Phi) is 6.00. The second kappa shape index (κ2) is 8.61. The van der Waals surface area contributed by atoms with Gasteiger partial charge in [0, 0.05) is 32.6 Å². The molecule has 1 saturated heterocycles. The molecule has 0 unspecified atom stereocenters. The van der Waals surface area contributed by atoms with Crippen LogP contribution in [0.3, 0.4) is 0 Å². The molecule has 1 N–H and O–H groups in total. The van der Waals surface area contributed by atoms with Crippen LogP contribution in [0.1, 0.15) is 49.0 Å². The highest BCUT2D eigenvalue weighted by molar-refractivity contribution is 5.77. The lowest BCUT2D eigenvalue weighted by Crippen LogP contribution is -2.31. The van der Waals surface area contributed by atoms with Gasteiger partial charge in [-0.25, -0.2) is 0 Å². The van der Waals surface area contributed by atoms with Crippen LogP contribution in [0.4, 0.5) is 0 Å². The second-order valence-corrected chi connectivity index (χ2v) is 6.73. The molecule has 0 radical (unpaired) electrons. The smallest absolute Gasteiger partial charge is 0.223 e. The topological polar surface area (TPSA) is 62.3 Å². The molecule has 0 aliphatic carbocycles. The number of pyridine rings is 1. The van der Waals surface area contributed by atoms with E-state index in [1.165, 1.54) is 12.5 Å². The highest BCUT2D eigenvalue weighted by atomic mass is 16.2. The normalized spacial score (nSPS) is 16.5. The summed E-state index contributed by atoms with van der Waals surface area (Å²) < 4.78 is 0. The number of nitrogens with zero attached hydrogens (tertiary/aromatic N) is 2. The molecule has 5 heteroatoms. The van der Waals surface area contributed by atoms with Gasteiger partial charge in [0.15, 0.2) is 0 Å². The zero-order valence-electron chi connectivity index (χ0n) is 15.1.